The van der Waals surface area contributed by atoms with Crippen molar-refractivity contribution in [1.82, 2.24) is 19.5 Å². The fourth-order valence-electron chi connectivity index (χ4n) is 1.31. The summed E-state index contributed by atoms with van der Waals surface area (Å²) in [4.78, 5) is 12.0. The molecule has 7 heteroatoms. The van der Waals surface area contributed by atoms with Crippen molar-refractivity contribution in [3.05, 3.63) is 23.6 Å². The number of halogens is 2. The number of allylic oxidation sites excluding steroid dienone is 2. The SMILES string of the molecule is Nc1nc(Cl)c2ncn(C/C=C/CCl)c2n1. The molecule has 2 aromatic heterocycles. The Hall–Kier alpha value is -1.33. The molecule has 0 saturated heterocycles. The molecule has 0 fully saturated rings. The number of nitrogens with two attached hydrogens (primary N) is 1. The van der Waals surface area contributed by atoms with E-state index in [0.717, 1.165) is 0 Å². The molecule has 0 spiro atoms. The Kier molecular flexibility index (Phi) is 3.26. The van der Waals surface area contributed by atoms with Crippen LogP contribution in [0.5, 0.6) is 0 Å². The smallest absolute Gasteiger partial charge is 0.223 e. The molecular formula is C9H9Cl2N5. The molecule has 0 aromatic carbocycles. The number of fused-ring (bicyclic) bond motifs is 1. The summed E-state index contributed by atoms with van der Waals surface area (Å²) in [7, 11) is 0. The highest BCUT2D eigenvalue weighted by Gasteiger charge is 2.09. The first-order chi connectivity index (χ1) is 7.72. The first kappa shape index (κ1) is 11.2. The van der Waals surface area contributed by atoms with Crippen molar-refractivity contribution < 1.29 is 0 Å². The molecule has 2 N–H and O–H groups in total. The van der Waals surface area contributed by atoms with Crippen molar-refractivity contribution in [3.63, 3.8) is 0 Å². The van der Waals surface area contributed by atoms with Gasteiger partial charge in [-0.3, -0.25) is 0 Å². The van der Waals surface area contributed by atoms with Gasteiger partial charge in [0, 0.05) is 12.4 Å². The Morgan fingerprint density at radius 3 is 2.94 bits per heavy atom. The van der Waals surface area contributed by atoms with Crippen LogP contribution >= 0.6 is 23.2 Å². The van der Waals surface area contributed by atoms with Crippen LogP contribution in [-0.2, 0) is 6.54 Å². The van der Waals surface area contributed by atoms with Crippen molar-refractivity contribution in [2.24, 2.45) is 0 Å². The predicted octanol–water partition coefficient (Wildman–Crippen LogP) is 1.86. The predicted molar refractivity (Wildman–Crippen MR) is 64.6 cm³/mol. The quantitative estimate of drug-likeness (QED) is 0.518. The van der Waals surface area contributed by atoms with Crippen LogP contribution in [0.15, 0.2) is 18.5 Å². The number of anilines is 1. The highest BCUT2D eigenvalue weighted by molar-refractivity contribution is 6.33. The molecule has 16 heavy (non-hydrogen) atoms. The van der Waals surface area contributed by atoms with E-state index in [1.807, 2.05) is 16.7 Å². The van der Waals surface area contributed by atoms with E-state index in [4.69, 9.17) is 28.9 Å². The van der Waals surface area contributed by atoms with E-state index < -0.39 is 0 Å². The van der Waals surface area contributed by atoms with Crippen molar-refractivity contribution in [2.75, 3.05) is 11.6 Å². The lowest BCUT2D eigenvalue weighted by atomic mass is 10.5. The van der Waals surface area contributed by atoms with Gasteiger partial charge in [-0.15, -0.1) is 11.6 Å². The average molecular weight is 258 g/mol. The van der Waals surface area contributed by atoms with Gasteiger partial charge in [0.1, 0.15) is 5.52 Å². The van der Waals surface area contributed by atoms with E-state index in [2.05, 4.69) is 15.0 Å². The van der Waals surface area contributed by atoms with Gasteiger partial charge in [-0.2, -0.15) is 9.97 Å². The zero-order valence-electron chi connectivity index (χ0n) is 8.27. The Bertz CT molecular complexity index is 534. The standard InChI is InChI=1S/C9H9Cl2N5/c10-3-1-2-4-16-5-13-6-7(11)14-9(12)15-8(6)16/h1-2,5H,3-4H2,(H2,12,14,15)/b2-1+. The van der Waals surface area contributed by atoms with E-state index >= 15 is 0 Å². The van der Waals surface area contributed by atoms with Crippen LogP contribution in [0.2, 0.25) is 5.15 Å². The molecule has 0 radical (unpaired) electrons. The van der Waals surface area contributed by atoms with Crippen LogP contribution in [0.25, 0.3) is 11.2 Å². The van der Waals surface area contributed by atoms with Gasteiger partial charge in [0.15, 0.2) is 10.8 Å². The molecule has 0 aliphatic carbocycles. The molecule has 2 heterocycles. The van der Waals surface area contributed by atoms with Gasteiger partial charge >= 0.3 is 0 Å². The van der Waals surface area contributed by atoms with Gasteiger partial charge in [0.25, 0.3) is 0 Å². The number of aromatic nitrogens is 4. The number of hydrogen-bond donors (Lipinski definition) is 1. The number of nitrogens with zero attached hydrogens (tertiary/aromatic N) is 4. The number of rotatable bonds is 3. The molecule has 0 aliphatic rings. The van der Waals surface area contributed by atoms with Crippen LogP contribution in [0.4, 0.5) is 5.95 Å². The molecule has 0 aliphatic heterocycles. The van der Waals surface area contributed by atoms with Crippen LogP contribution in [0.1, 0.15) is 0 Å². The summed E-state index contributed by atoms with van der Waals surface area (Å²) in [6, 6.07) is 0. The average Bonchev–Trinajstić information content (AvgIpc) is 2.62. The highest BCUT2D eigenvalue weighted by Crippen LogP contribution is 2.19. The Morgan fingerprint density at radius 1 is 1.38 bits per heavy atom. The summed E-state index contributed by atoms with van der Waals surface area (Å²) in [5.74, 6) is 0.616. The molecule has 0 bridgehead atoms. The Morgan fingerprint density at radius 2 is 2.19 bits per heavy atom. The largest absolute Gasteiger partial charge is 0.368 e. The second-order valence-electron chi connectivity index (χ2n) is 3.07. The zero-order valence-corrected chi connectivity index (χ0v) is 9.78. The topological polar surface area (TPSA) is 69.6 Å². The van der Waals surface area contributed by atoms with E-state index in [0.29, 0.717) is 23.6 Å². The Balaban J connectivity index is 2.43. The maximum Gasteiger partial charge on any atom is 0.223 e. The fourth-order valence-corrected chi connectivity index (χ4v) is 1.66. The second-order valence-corrected chi connectivity index (χ2v) is 3.73. The Labute approximate surface area is 102 Å². The molecule has 2 rings (SSSR count). The number of alkyl halides is 1. The normalized spacial score (nSPS) is 11.6. The maximum atomic E-state index is 5.89. The third kappa shape index (κ3) is 2.10. The summed E-state index contributed by atoms with van der Waals surface area (Å²) in [6.07, 6.45) is 5.41. The third-order valence-electron chi connectivity index (χ3n) is 2.00. The van der Waals surface area contributed by atoms with E-state index in [1.165, 1.54) is 0 Å². The summed E-state index contributed by atoms with van der Waals surface area (Å²) in [5.41, 5.74) is 6.69. The number of nitrogen functional groups attached to an aromatic ring is 1. The van der Waals surface area contributed by atoms with Crippen LogP contribution in [0, 0.1) is 0 Å². The van der Waals surface area contributed by atoms with Gasteiger partial charge in [-0.05, 0) is 0 Å². The van der Waals surface area contributed by atoms with Crippen molar-refractivity contribution >= 4 is 40.3 Å². The lowest BCUT2D eigenvalue weighted by Gasteiger charge is -1.99. The molecule has 0 amide bonds. The van der Waals surface area contributed by atoms with E-state index in [9.17, 15) is 0 Å². The van der Waals surface area contributed by atoms with Crippen LogP contribution in [0.3, 0.4) is 0 Å². The second kappa shape index (κ2) is 4.67. The molecule has 2 aromatic rings. The molecule has 84 valence electrons. The van der Waals surface area contributed by atoms with Crippen molar-refractivity contribution in [2.45, 2.75) is 6.54 Å². The fraction of sp³-hybridized carbons (Fsp3) is 0.222. The first-order valence-corrected chi connectivity index (χ1v) is 5.48. The summed E-state index contributed by atoms with van der Waals surface area (Å²) < 4.78 is 1.82. The number of imidazole rings is 1. The number of hydrogen-bond acceptors (Lipinski definition) is 4. The lowest BCUT2D eigenvalue weighted by Crippen LogP contribution is -2.00. The van der Waals surface area contributed by atoms with Gasteiger partial charge in [-0.25, -0.2) is 4.98 Å². The van der Waals surface area contributed by atoms with E-state index in [1.54, 1.807) is 6.33 Å². The van der Waals surface area contributed by atoms with Gasteiger partial charge in [-0.1, -0.05) is 23.8 Å². The maximum absolute atomic E-state index is 5.89. The van der Waals surface area contributed by atoms with Gasteiger partial charge in [0.2, 0.25) is 5.95 Å². The van der Waals surface area contributed by atoms with Crippen LogP contribution < -0.4 is 5.73 Å². The minimum atomic E-state index is 0.139. The third-order valence-corrected chi connectivity index (χ3v) is 2.44. The van der Waals surface area contributed by atoms with Crippen molar-refractivity contribution in [3.8, 4) is 0 Å². The molecule has 0 atom stereocenters. The summed E-state index contributed by atoms with van der Waals surface area (Å²) >= 11 is 11.4. The molecule has 0 saturated carbocycles. The van der Waals surface area contributed by atoms with E-state index in [-0.39, 0.29) is 11.1 Å². The first-order valence-electron chi connectivity index (χ1n) is 4.57. The molecule has 5 nitrogen and oxygen atoms in total. The summed E-state index contributed by atoms with van der Waals surface area (Å²) in [6.45, 7) is 0.621. The van der Waals surface area contributed by atoms with Gasteiger partial charge < -0.3 is 10.3 Å². The van der Waals surface area contributed by atoms with Gasteiger partial charge in [0.05, 0.1) is 6.33 Å². The highest BCUT2D eigenvalue weighted by atomic mass is 35.5. The minimum absolute atomic E-state index is 0.139. The lowest BCUT2D eigenvalue weighted by molar-refractivity contribution is 0.836. The summed E-state index contributed by atoms with van der Waals surface area (Å²) in [5, 5.41) is 0.266. The zero-order chi connectivity index (χ0) is 11.5. The monoisotopic (exact) mass is 257 g/mol. The molecule has 0 unspecified atom stereocenters. The minimum Gasteiger partial charge on any atom is -0.368 e. The molecular weight excluding hydrogens is 249 g/mol. The van der Waals surface area contributed by atoms with Crippen molar-refractivity contribution in [1.29, 1.82) is 0 Å². The van der Waals surface area contributed by atoms with Crippen LogP contribution in [-0.4, -0.2) is 25.4 Å².